The lowest BCUT2D eigenvalue weighted by Gasteiger charge is -2.37. The van der Waals surface area contributed by atoms with Crippen LogP contribution in [0.4, 0.5) is 5.69 Å². The number of aryl methyl sites for hydroxylation is 2. The van der Waals surface area contributed by atoms with Gasteiger partial charge in [0.15, 0.2) is 5.11 Å². The molecule has 1 atom stereocenters. The summed E-state index contributed by atoms with van der Waals surface area (Å²) in [5.74, 6) is 0. The van der Waals surface area contributed by atoms with Crippen LogP contribution in [0, 0.1) is 13.8 Å². The quantitative estimate of drug-likeness (QED) is 0.807. The maximum Gasteiger partial charge on any atom is 0.174 e. The summed E-state index contributed by atoms with van der Waals surface area (Å²) in [5.41, 5.74) is 4.92. The molecular weight excluding hydrogens is 278 g/mol. The SMILES string of the molecule is Cc1cccc(C)c1NC(=S)N1CCn2cccc2[C@@H]1C. The molecule has 2 aromatic rings. The zero-order valence-corrected chi connectivity index (χ0v) is 13.6. The van der Waals surface area contributed by atoms with Gasteiger partial charge in [-0.1, -0.05) is 18.2 Å². The van der Waals surface area contributed by atoms with Crippen molar-refractivity contribution in [2.24, 2.45) is 0 Å². The van der Waals surface area contributed by atoms with Gasteiger partial charge in [-0.2, -0.15) is 0 Å². The van der Waals surface area contributed by atoms with Crippen LogP contribution in [0.2, 0.25) is 0 Å². The van der Waals surface area contributed by atoms with E-state index in [1.165, 1.54) is 16.8 Å². The van der Waals surface area contributed by atoms with E-state index in [9.17, 15) is 0 Å². The lowest BCUT2D eigenvalue weighted by atomic mass is 10.1. The van der Waals surface area contributed by atoms with E-state index in [2.05, 4.69) is 72.1 Å². The number of aromatic nitrogens is 1. The Bertz CT molecular complexity index is 654. The number of rotatable bonds is 1. The van der Waals surface area contributed by atoms with Gasteiger partial charge in [0.25, 0.3) is 0 Å². The number of nitrogens with zero attached hydrogens (tertiary/aromatic N) is 2. The van der Waals surface area contributed by atoms with E-state index in [1.54, 1.807) is 0 Å². The zero-order valence-electron chi connectivity index (χ0n) is 12.8. The minimum atomic E-state index is 0.304. The molecule has 2 heterocycles. The zero-order chi connectivity index (χ0) is 15.0. The standard InChI is InChI=1S/C17H21N3S/c1-12-6-4-7-13(2)16(12)18-17(21)20-11-10-19-9-5-8-15(19)14(20)3/h4-9,14H,10-11H2,1-3H3,(H,18,21)/t14-/m0/s1. The van der Waals surface area contributed by atoms with Crippen molar-refractivity contribution in [2.75, 3.05) is 11.9 Å². The Hall–Kier alpha value is -1.81. The Morgan fingerprint density at radius 3 is 2.57 bits per heavy atom. The molecule has 1 N–H and O–H groups in total. The topological polar surface area (TPSA) is 20.2 Å². The first-order valence-electron chi connectivity index (χ1n) is 7.37. The van der Waals surface area contributed by atoms with E-state index in [4.69, 9.17) is 12.2 Å². The third kappa shape index (κ3) is 2.56. The first-order valence-corrected chi connectivity index (χ1v) is 7.77. The van der Waals surface area contributed by atoms with Crippen molar-refractivity contribution in [1.29, 1.82) is 0 Å². The van der Waals surface area contributed by atoms with Crippen LogP contribution in [0.1, 0.15) is 29.8 Å². The fourth-order valence-electron chi connectivity index (χ4n) is 3.05. The highest BCUT2D eigenvalue weighted by Gasteiger charge is 2.25. The lowest BCUT2D eigenvalue weighted by Crippen LogP contribution is -2.43. The molecule has 3 nitrogen and oxygen atoms in total. The van der Waals surface area contributed by atoms with Gasteiger partial charge in [0.05, 0.1) is 6.04 Å². The summed E-state index contributed by atoms with van der Waals surface area (Å²) in [6.45, 7) is 8.37. The number of thiocarbonyl (C=S) groups is 1. The molecule has 4 heteroatoms. The molecule has 0 saturated heterocycles. The van der Waals surface area contributed by atoms with Gasteiger partial charge in [-0.05, 0) is 56.2 Å². The van der Waals surface area contributed by atoms with Gasteiger partial charge in [-0.15, -0.1) is 0 Å². The molecule has 0 radical (unpaired) electrons. The second kappa shape index (κ2) is 5.53. The Labute approximate surface area is 131 Å². The van der Waals surface area contributed by atoms with Gasteiger partial charge in [-0.25, -0.2) is 0 Å². The van der Waals surface area contributed by atoms with Crippen molar-refractivity contribution in [2.45, 2.75) is 33.4 Å². The molecule has 1 aromatic carbocycles. The van der Waals surface area contributed by atoms with Crippen LogP contribution in [0.15, 0.2) is 36.5 Å². The van der Waals surface area contributed by atoms with Gasteiger partial charge in [0.2, 0.25) is 0 Å². The largest absolute Gasteiger partial charge is 0.348 e. The number of nitrogens with one attached hydrogen (secondary N) is 1. The Morgan fingerprint density at radius 2 is 1.86 bits per heavy atom. The maximum absolute atomic E-state index is 5.66. The average Bonchev–Trinajstić information content (AvgIpc) is 2.92. The minimum absolute atomic E-state index is 0.304. The summed E-state index contributed by atoms with van der Waals surface area (Å²) in [7, 11) is 0. The normalized spacial score (nSPS) is 17.5. The van der Waals surface area contributed by atoms with Crippen molar-refractivity contribution < 1.29 is 0 Å². The molecule has 1 aliphatic rings. The van der Waals surface area contributed by atoms with Gasteiger partial charge in [-0.3, -0.25) is 0 Å². The first kappa shape index (κ1) is 14.1. The van der Waals surface area contributed by atoms with Crippen LogP contribution < -0.4 is 5.32 Å². The van der Waals surface area contributed by atoms with E-state index in [1.807, 2.05) is 0 Å². The highest BCUT2D eigenvalue weighted by atomic mass is 32.1. The monoisotopic (exact) mass is 299 g/mol. The molecule has 0 bridgehead atoms. The number of benzene rings is 1. The van der Waals surface area contributed by atoms with Crippen molar-refractivity contribution in [3.63, 3.8) is 0 Å². The van der Waals surface area contributed by atoms with Crippen molar-refractivity contribution in [1.82, 2.24) is 9.47 Å². The fourth-order valence-corrected chi connectivity index (χ4v) is 3.40. The van der Waals surface area contributed by atoms with Crippen molar-refractivity contribution in [3.8, 4) is 0 Å². The maximum atomic E-state index is 5.66. The van der Waals surface area contributed by atoms with E-state index in [0.717, 1.165) is 23.9 Å². The molecule has 0 fully saturated rings. The predicted molar refractivity (Wildman–Crippen MR) is 91.7 cm³/mol. The van der Waals surface area contributed by atoms with Gasteiger partial charge < -0.3 is 14.8 Å². The van der Waals surface area contributed by atoms with E-state index >= 15 is 0 Å². The summed E-state index contributed by atoms with van der Waals surface area (Å²) in [6.07, 6.45) is 2.14. The Balaban J connectivity index is 1.81. The summed E-state index contributed by atoms with van der Waals surface area (Å²) in [6, 6.07) is 10.9. The highest BCUT2D eigenvalue weighted by Crippen LogP contribution is 2.27. The minimum Gasteiger partial charge on any atom is -0.348 e. The number of para-hydroxylation sites is 1. The van der Waals surface area contributed by atoms with Crippen LogP contribution in [-0.2, 0) is 6.54 Å². The molecule has 1 aliphatic heterocycles. The third-order valence-electron chi connectivity index (χ3n) is 4.32. The molecule has 0 amide bonds. The molecule has 21 heavy (non-hydrogen) atoms. The molecule has 0 unspecified atom stereocenters. The summed E-state index contributed by atoms with van der Waals surface area (Å²) in [5, 5.41) is 4.26. The summed E-state index contributed by atoms with van der Waals surface area (Å²) in [4.78, 5) is 2.27. The molecule has 1 aromatic heterocycles. The first-order chi connectivity index (χ1) is 10.1. The van der Waals surface area contributed by atoms with Crippen molar-refractivity contribution in [3.05, 3.63) is 53.3 Å². The average molecular weight is 299 g/mol. The molecular formula is C17H21N3S. The van der Waals surface area contributed by atoms with Crippen molar-refractivity contribution >= 4 is 23.0 Å². The molecule has 0 spiro atoms. The number of hydrogen-bond donors (Lipinski definition) is 1. The van der Waals surface area contributed by atoms with Crippen LogP contribution in [0.5, 0.6) is 0 Å². The molecule has 0 aliphatic carbocycles. The Morgan fingerprint density at radius 1 is 1.14 bits per heavy atom. The van der Waals surface area contributed by atoms with Crippen LogP contribution in [0.3, 0.4) is 0 Å². The summed E-state index contributed by atoms with van der Waals surface area (Å²) < 4.78 is 2.31. The number of fused-ring (bicyclic) bond motifs is 1. The number of anilines is 1. The van der Waals surface area contributed by atoms with E-state index in [-0.39, 0.29) is 0 Å². The van der Waals surface area contributed by atoms with E-state index in [0.29, 0.717) is 6.04 Å². The third-order valence-corrected chi connectivity index (χ3v) is 4.65. The second-order valence-corrected chi connectivity index (χ2v) is 6.08. The Kier molecular flexibility index (Phi) is 3.72. The highest BCUT2D eigenvalue weighted by molar-refractivity contribution is 7.80. The second-order valence-electron chi connectivity index (χ2n) is 5.69. The molecule has 110 valence electrons. The van der Waals surface area contributed by atoms with Crippen LogP contribution in [0.25, 0.3) is 0 Å². The predicted octanol–water partition coefficient (Wildman–Crippen LogP) is 3.88. The van der Waals surface area contributed by atoms with Gasteiger partial charge >= 0.3 is 0 Å². The van der Waals surface area contributed by atoms with Crippen LogP contribution >= 0.6 is 12.2 Å². The number of hydrogen-bond acceptors (Lipinski definition) is 1. The van der Waals surface area contributed by atoms with E-state index < -0.39 is 0 Å². The molecule has 0 saturated carbocycles. The van der Waals surface area contributed by atoms with Crippen LogP contribution in [-0.4, -0.2) is 21.1 Å². The van der Waals surface area contributed by atoms with Gasteiger partial charge in [0.1, 0.15) is 0 Å². The molecule has 3 rings (SSSR count). The smallest absolute Gasteiger partial charge is 0.174 e. The lowest BCUT2D eigenvalue weighted by molar-refractivity contribution is 0.276. The fraction of sp³-hybridized carbons (Fsp3) is 0.353. The van der Waals surface area contributed by atoms with Gasteiger partial charge in [0, 0.05) is 30.7 Å². The summed E-state index contributed by atoms with van der Waals surface area (Å²) >= 11 is 5.66.